The smallest absolute Gasteiger partial charge is 0.239 e. The molecule has 0 saturated carbocycles. The fourth-order valence-corrected chi connectivity index (χ4v) is 7.20. The largest absolute Gasteiger partial charge is 0.492 e. The lowest BCUT2D eigenvalue weighted by atomic mass is 9.47. The van der Waals surface area contributed by atoms with Gasteiger partial charge in [-0.2, -0.15) is 0 Å². The van der Waals surface area contributed by atoms with E-state index in [1.807, 2.05) is 67.7 Å². The van der Waals surface area contributed by atoms with Crippen LogP contribution in [0.2, 0.25) is 0 Å². The van der Waals surface area contributed by atoms with Crippen molar-refractivity contribution in [1.29, 1.82) is 0 Å². The van der Waals surface area contributed by atoms with Crippen LogP contribution in [0.3, 0.4) is 0 Å². The maximum absolute atomic E-state index is 14.6. The number of amides is 2. The molecule has 0 spiro atoms. The second-order valence-corrected chi connectivity index (χ2v) is 10.7. The quantitative estimate of drug-likeness (QED) is 0.210. The Morgan fingerprint density at radius 2 is 1.43 bits per heavy atom. The number of nitrogens with zero attached hydrogens (tertiary/aromatic N) is 2. The molecule has 40 heavy (non-hydrogen) atoms. The molecule has 5 heteroatoms. The summed E-state index contributed by atoms with van der Waals surface area (Å²) in [6.45, 7) is 4.47. The Morgan fingerprint density at radius 1 is 0.800 bits per heavy atom. The van der Waals surface area contributed by atoms with Gasteiger partial charge in [0.15, 0.2) is 0 Å². The number of anilines is 1. The molecule has 0 aromatic heterocycles. The van der Waals surface area contributed by atoms with Gasteiger partial charge in [-0.3, -0.25) is 14.6 Å². The SMILES string of the molecule is CCOc1ccccc1N1C(=O)[C@@H]2C3c4ccccc4C(C=Nc4ccc(CC)cc4)(c4ccccc43)[C@H]2C1=O. The van der Waals surface area contributed by atoms with Gasteiger partial charge in [0.1, 0.15) is 5.75 Å². The molecule has 198 valence electrons. The Morgan fingerprint density at radius 3 is 2.08 bits per heavy atom. The molecule has 1 fully saturated rings. The van der Waals surface area contributed by atoms with E-state index in [0.717, 1.165) is 34.4 Å². The third-order valence-corrected chi connectivity index (χ3v) is 8.85. The summed E-state index contributed by atoms with van der Waals surface area (Å²) >= 11 is 0. The molecule has 0 unspecified atom stereocenters. The van der Waals surface area contributed by atoms with E-state index in [1.165, 1.54) is 10.5 Å². The molecule has 5 nitrogen and oxygen atoms in total. The van der Waals surface area contributed by atoms with Crippen LogP contribution >= 0.6 is 0 Å². The molecule has 8 rings (SSSR count). The van der Waals surface area contributed by atoms with Crippen molar-refractivity contribution in [3.8, 4) is 5.75 Å². The first kappa shape index (κ1) is 24.5. The van der Waals surface area contributed by atoms with E-state index in [0.29, 0.717) is 18.0 Å². The summed E-state index contributed by atoms with van der Waals surface area (Å²) in [4.78, 5) is 35.4. The van der Waals surface area contributed by atoms with Crippen LogP contribution in [0.25, 0.3) is 0 Å². The van der Waals surface area contributed by atoms with Crippen molar-refractivity contribution in [1.82, 2.24) is 0 Å². The minimum atomic E-state index is -0.891. The first-order valence-corrected chi connectivity index (χ1v) is 14.0. The summed E-state index contributed by atoms with van der Waals surface area (Å²) in [5, 5.41) is 0. The van der Waals surface area contributed by atoms with Gasteiger partial charge in [-0.25, -0.2) is 4.90 Å². The van der Waals surface area contributed by atoms with Gasteiger partial charge in [-0.05, 0) is 65.4 Å². The molecule has 1 heterocycles. The molecular weight excluding hydrogens is 496 g/mol. The van der Waals surface area contributed by atoms with Crippen molar-refractivity contribution in [2.45, 2.75) is 31.6 Å². The molecule has 1 saturated heterocycles. The Hall–Kier alpha value is -4.51. The highest BCUT2D eigenvalue weighted by Crippen LogP contribution is 2.64. The highest BCUT2D eigenvalue weighted by Gasteiger charge is 2.68. The highest BCUT2D eigenvalue weighted by molar-refractivity contribution is 6.25. The van der Waals surface area contributed by atoms with Crippen LogP contribution in [0, 0.1) is 11.8 Å². The summed E-state index contributed by atoms with van der Waals surface area (Å²) in [7, 11) is 0. The second-order valence-electron chi connectivity index (χ2n) is 10.7. The van der Waals surface area contributed by atoms with Crippen LogP contribution in [0.15, 0.2) is 102 Å². The van der Waals surface area contributed by atoms with E-state index in [1.54, 1.807) is 6.07 Å². The van der Waals surface area contributed by atoms with Crippen molar-refractivity contribution in [2.75, 3.05) is 11.5 Å². The first-order chi connectivity index (χ1) is 19.6. The maximum Gasteiger partial charge on any atom is 0.239 e. The average molecular weight is 527 g/mol. The third-order valence-electron chi connectivity index (χ3n) is 8.85. The van der Waals surface area contributed by atoms with Gasteiger partial charge in [-0.1, -0.05) is 79.7 Å². The standard InChI is InChI=1S/C35H30N2O3/c1-3-22-17-19-23(20-18-22)36-21-35-26-13-7-5-11-24(26)30(25-12-6-8-14-27(25)35)31-32(35)34(39)37(33(31)38)28-15-9-10-16-29(28)40-4-2/h5-21,30-32H,3-4H2,1-2H3/t30?,31-,32-,35?/m1/s1. The maximum atomic E-state index is 14.6. The van der Waals surface area contributed by atoms with E-state index in [2.05, 4.69) is 43.3 Å². The van der Waals surface area contributed by atoms with Gasteiger partial charge >= 0.3 is 0 Å². The van der Waals surface area contributed by atoms with E-state index in [9.17, 15) is 9.59 Å². The van der Waals surface area contributed by atoms with Gasteiger partial charge in [0.25, 0.3) is 0 Å². The van der Waals surface area contributed by atoms with Crippen molar-refractivity contribution in [3.05, 3.63) is 125 Å². The molecule has 1 aliphatic heterocycles. The lowest BCUT2D eigenvalue weighted by Crippen LogP contribution is -2.54. The molecule has 3 aliphatic carbocycles. The number of aryl methyl sites for hydroxylation is 1. The number of carbonyl (C=O) groups is 2. The molecule has 4 aromatic carbocycles. The zero-order chi connectivity index (χ0) is 27.4. The fourth-order valence-electron chi connectivity index (χ4n) is 7.20. The minimum Gasteiger partial charge on any atom is -0.492 e. The van der Waals surface area contributed by atoms with E-state index < -0.39 is 17.3 Å². The third kappa shape index (κ3) is 3.30. The average Bonchev–Trinajstić information content (AvgIpc) is 3.27. The van der Waals surface area contributed by atoms with E-state index >= 15 is 0 Å². The fraction of sp³-hybridized carbons (Fsp3) is 0.229. The minimum absolute atomic E-state index is 0.179. The monoisotopic (exact) mass is 526 g/mol. The van der Waals surface area contributed by atoms with Crippen molar-refractivity contribution >= 4 is 29.4 Å². The molecular formula is C35H30N2O3. The number of carbonyl (C=O) groups excluding carboxylic acids is 2. The summed E-state index contributed by atoms with van der Waals surface area (Å²) in [6, 6.07) is 32.0. The predicted molar refractivity (Wildman–Crippen MR) is 157 cm³/mol. The molecule has 0 radical (unpaired) electrons. The summed E-state index contributed by atoms with van der Waals surface area (Å²) in [5.74, 6) is -1.22. The number of ether oxygens (including phenoxy) is 1. The van der Waals surface area contributed by atoms with Crippen molar-refractivity contribution < 1.29 is 14.3 Å². The summed E-state index contributed by atoms with van der Waals surface area (Å²) in [6.07, 6.45) is 2.90. The van der Waals surface area contributed by atoms with Crippen LogP contribution in [0.1, 0.15) is 47.6 Å². The first-order valence-electron chi connectivity index (χ1n) is 14.0. The molecule has 4 aromatic rings. The predicted octanol–water partition coefficient (Wildman–Crippen LogP) is 6.60. The number of aliphatic imine (C=N–C) groups is 1. The van der Waals surface area contributed by atoms with Crippen LogP contribution in [-0.2, 0) is 21.4 Å². The zero-order valence-electron chi connectivity index (χ0n) is 22.6. The molecule has 2 amide bonds. The lowest BCUT2D eigenvalue weighted by Gasteiger charge is -2.52. The second kappa shape index (κ2) is 9.30. The number of hydrogen-bond acceptors (Lipinski definition) is 4. The number of hydrogen-bond donors (Lipinski definition) is 0. The topological polar surface area (TPSA) is 59.0 Å². The van der Waals surface area contributed by atoms with Crippen LogP contribution in [0.4, 0.5) is 11.4 Å². The van der Waals surface area contributed by atoms with Crippen LogP contribution in [-0.4, -0.2) is 24.6 Å². The Kier molecular flexibility index (Phi) is 5.70. The van der Waals surface area contributed by atoms with E-state index in [4.69, 9.17) is 9.73 Å². The number of benzene rings is 4. The molecule has 4 aliphatic rings. The number of imide groups is 1. The van der Waals surface area contributed by atoms with Crippen LogP contribution in [0.5, 0.6) is 5.75 Å². The molecule has 0 N–H and O–H groups in total. The Labute approximate surface area is 234 Å². The van der Waals surface area contributed by atoms with E-state index in [-0.39, 0.29) is 17.7 Å². The summed E-state index contributed by atoms with van der Waals surface area (Å²) in [5.41, 5.74) is 5.96. The van der Waals surface area contributed by atoms with Crippen LogP contribution < -0.4 is 9.64 Å². The number of para-hydroxylation sites is 2. The van der Waals surface area contributed by atoms with Gasteiger partial charge in [0.05, 0.1) is 35.2 Å². The van der Waals surface area contributed by atoms with Gasteiger partial charge in [0, 0.05) is 12.1 Å². The van der Waals surface area contributed by atoms with Gasteiger partial charge in [0.2, 0.25) is 11.8 Å². The number of rotatable bonds is 6. The Bertz CT molecular complexity index is 1620. The van der Waals surface area contributed by atoms with Gasteiger partial charge in [-0.15, -0.1) is 0 Å². The highest BCUT2D eigenvalue weighted by atomic mass is 16.5. The van der Waals surface area contributed by atoms with Crippen molar-refractivity contribution in [3.63, 3.8) is 0 Å². The van der Waals surface area contributed by atoms with Gasteiger partial charge < -0.3 is 4.74 Å². The van der Waals surface area contributed by atoms with Crippen molar-refractivity contribution in [2.24, 2.45) is 16.8 Å². The zero-order valence-corrected chi connectivity index (χ0v) is 22.6. The molecule has 2 bridgehead atoms. The summed E-state index contributed by atoms with van der Waals surface area (Å²) < 4.78 is 5.87. The molecule has 2 atom stereocenters. The normalized spacial score (nSPS) is 24.2. The Balaban J connectivity index is 1.47. The lowest BCUT2D eigenvalue weighted by molar-refractivity contribution is -0.122.